The molecule has 0 unspecified atom stereocenters. The van der Waals surface area contributed by atoms with Crippen molar-refractivity contribution in [2.45, 2.75) is 0 Å². The lowest BCUT2D eigenvalue weighted by Gasteiger charge is -2.16. The number of thiazole rings is 1. The van der Waals surface area contributed by atoms with Crippen LogP contribution in [0.4, 0.5) is 0 Å². The molecule has 0 bridgehead atoms. The molecule has 48 heavy (non-hydrogen) atoms. The first-order valence-corrected chi connectivity index (χ1v) is 16.9. The van der Waals surface area contributed by atoms with E-state index in [1.54, 1.807) is 11.3 Å². The fourth-order valence-corrected chi connectivity index (χ4v) is 8.05. The standard InChI is InChI=1S/C44H26N2OS/c1-2-11-28(12-3-1)40-41-32-15-4-6-17-35(32)45-43(34(41)26-38-42(40)33-16-5-8-19-37(33)47-38)31-14-10-13-30(25-31)27-21-23-29(24-22-27)44-46-36-18-7-9-20-39(36)48-44/h1-26H. The average molecular weight is 631 g/mol. The van der Waals surface area contributed by atoms with Crippen LogP contribution in [0, 0.1) is 0 Å². The monoisotopic (exact) mass is 630 g/mol. The number of rotatable bonds is 4. The minimum atomic E-state index is 0.863. The first-order valence-electron chi connectivity index (χ1n) is 16.1. The SMILES string of the molecule is c1ccc(-c2c3c(cc4c(-c5cccc(-c6ccc(-c7nc8ccccc8s7)cc6)c5)nc5ccccc5c24)oc2ccccc23)cc1. The number of benzene rings is 7. The van der Waals surface area contributed by atoms with Crippen molar-refractivity contribution in [3.05, 3.63) is 158 Å². The van der Waals surface area contributed by atoms with Crippen LogP contribution in [-0.4, -0.2) is 9.97 Å². The molecule has 3 heterocycles. The van der Waals surface area contributed by atoms with E-state index in [0.29, 0.717) is 0 Å². The number of furan rings is 1. The average Bonchev–Trinajstić information content (AvgIpc) is 3.76. The number of hydrogen-bond acceptors (Lipinski definition) is 4. The van der Waals surface area contributed by atoms with Gasteiger partial charge in [0.25, 0.3) is 0 Å². The van der Waals surface area contributed by atoms with Gasteiger partial charge in [0.05, 0.1) is 21.4 Å². The van der Waals surface area contributed by atoms with Crippen LogP contribution < -0.4 is 0 Å². The first-order chi connectivity index (χ1) is 23.8. The molecule has 0 saturated heterocycles. The number of para-hydroxylation sites is 3. The van der Waals surface area contributed by atoms with Gasteiger partial charge >= 0.3 is 0 Å². The highest BCUT2D eigenvalue weighted by molar-refractivity contribution is 7.21. The van der Waals surface area contributed by atoms with Crippen LogP contribution in [-0.2, 0) is 0 Å². The number of fused-ring (bicyclic) bond motifs is 7. The van der Waals surface area contributed by atoms with Gasteiger partial charge in [0.2, 0.25) is 0 Å². The Kier molecular flexibility index (Phi) is 6.05. The van der Waals surface area contributed by atoms with Crippen molar-refractivity contribution in [1.82, 2.24) is 9.97 Å². The van der Waals surface area contributed by atoms with E-state index < -0.39 is 0 Å². The molecule has 224 valence electrons. The van der Waals surface area contributed by atoms with Crippen molar-refractivity contribution < 1.29 is 4.42 Å². The molecule has 10 rings (SSSR count). The summed E-state index contributed by atoms with van der Waals surface area (Å²) in [6.07, 6.45) is 0. The minimum Gasteiger partial charge on any atom is -0.456 e. The summed E-state index contributed by atoms with van der Waals surface area (Å²) in [5, 5.41) is 6.67. The summed E-state index contributed by atoms with van der Waals surface area (Å²) < 4.78 is 7.76. The van der Waals surface area contributed by atoms with Crippen molar-refractivity contribution in [3.63, 3.8) is 0 Å². The highest BCUT2D eigenvalue weighted by Crippen LogP contribution is 2.46. The third-order valence-electron chi connectivity index (χ3n) is 9.29. The number of aromatic nitrogens is 2. The van der Waals surface area contributed by atoms with Gasteiger partial charge in [-0.1, -0.05) is 121 Å². The zero-order valence-electron chi connectivity index (χ0n) is 25.7. The molecule has 0 saturated carbocycles. The fraction of sp³-hybridized carbons (Fsp3) is 0. The van der Waals surface area contributed by atoms with Gasteiger partial charge in [-0.25, -0.2) is 9.97 Å². The Balaban J connectivity index is 1.19. The summed E-state index contributed by atoms with van der Waals surface area (Å²) in [7, 11) is 0. The molecule has 0 radical (unpaired) electrons. The highest BCUT2D eigenvalue weighted by Gasteiger charge is 2.21. The first kappa shape index (κ1) is 27.1. The van der Waals surface area contributed by atoms with Crippen molar-refractivity contribution >= 4 is 65.2 Å². The zero-order chi connectivity index (χ0) is 31.6. The molecule has 7 aromatic carbocycles. The predicted octanol–water partition coefficient (Wildman–Crippen LogP) is 12.6. The molecule has 0 fully saturated rings. The maximum atomic E-state index is 6.55. The van der Waals surface area contributed by atoms with Crippen molar-refractivity contribution in [1.29, 1.82) is 0 Å². The minimum absolute atomic E-state index is 0.863. The van der Waals surface area contributed by atoms with Crippen LogP contribution in [0.25, 0.3) is 97.9 Å². The van der Waals surface area contributed by atoms with Crippen LogP contribution in [0.3, 0.4) is 0 Å². The normalized spacial score (nSPS) is 11.8. The summed E-state index contributed by atoms with van der Waals surface area (Å²) in [6.45, 7) is 0. The van der Waals surface area contributed by atoms with Gasteiger partial charge in [0, 0.05) is 43.6 Å². The Morgan fingerprint density at radius 3 is 1.96 bits per heavy atom. The maximum Gasteiger partial charge on any atom is 0.136 e. The van der Waals surface area contributed by atoms with Gasteiger partial charge in [-0.05, 0) is 53.1 Å². The molecular weight excluding hydrogens is 605 g/mol. The van der Waals surface area contributed by atoms with Gasteiger partial charge in [-0.2, -0.15) is 0 Å². The number of hydrogen-bond donors (Lipinski definition) is 0. The summed E-state index contributed by atoms with van der Waals surface area (Å²) in [4.78, 5) is 10.2. The lowest BCUT2D eigenvalue weighted by molar-refractivity contribution is 0.669. The number of pyridine rings is 1. The van der Waals surface area contributed by atoms with Crippen LogP contribution in [0.15, 0.2) is 162 Å². The number of nitrogens with zero attached hydrogens (tertiary/aromatic N) is 2. The topological polar surface area (TPSA) is 38.9 Å². The molecule has 0 N–H and O–H groups in total. The molecule has 0 aliphatic carbocycles. The van der Waals surface area contributed by atoms with Gasteiger partial charge < -0.3 is 4.42 Å². The second-order valence-electron chi connectivity index (χ2n) is 12.1. The van der Waals surface area contributed by atoms with E-state index >= 15 is 0 Å². The van der Waals surface area contributed by atoms with E-state index in [1.807, 2.05) is 12.1 Å². The summed E-state index contributed by atoms with van der Waals surface area (Å²) >= 11 is 1.73. The summed E-state index contributed by atoms with van der Waals surface area (Å²) in [6, 6.07) is 55.5. The zero-order valence-corrected chi connectivity index (χ0v) is 26.5. The van der Waals surface area contributed by atoms with E-state index in [0.717, 1.165) is 82.3 Å². The Morgan fingerprint density at radius 1 is 0.417 bits per heavy atom. The van der Waals surface area contributed by atoms with Gasteiger partial charge in [-0.15, -0.1) is 11.3 Å². The van der Waals surface area contributed by atoms with Gasteiger partial charge in [-0.3, -0.25) is 0 Å². The lowest BCUT2D eigenvalue weighted by Crippen LogP contribution is -1.93. The molecular formula is C44H26N2OS. The van der Waals surface area contributed by atoms with E-state index in [4.69, 9.17) is 14.4 Å². The van der Waals surface area contributed by atoms with Gasteiger partial charge in [0.1, 0.15) is 16.2 Å². The molecule has 0 aliphatic heterocycles. The molecule has 4 heteroatoms. The van der Waals surface area contributed by atoms with Crippen molar-refractivity contribution in [2.24, 2.45) is 0 Å². The second kappa shape index (κ2) is 10.7. The summed E-state index contributed by atoms with van der Waals surface area (Å²) in [5.41, 5.74) is 11.5. The molecule has 10 aromatic rings. The smallest absolute Gasteiger partial charge is 0.136 e. The van der Waals surface area contributed by atoms with Crippen LogP contribution in [0.2, 0.25) is 0 Å². The summed E-state index contributed by atoms with van der Waals surface area (Å²) in [5.74, 6) is 0. The Hall–Kier alpha value is -6.10. The van der Waals surface area contributed by atoms with Crippen molar-refractivity contribution in [2.75, 3.05) is 0 Å². The molecule has 3 aromatic heterocycles. The predicted molar refractivity (Wildman–Crippen MR) is 201 cm³/mol. The second-order valence-corrected chi connectivity index (χ2v) is 13.2. The lowest BCUT2D eigenvalue weighted by atomic mass is 9.89. The van der Waals surface area contributed by atoms with Crippen molar-refractivity contribution in [3.8, 4) is 44.1 Å². The van der Waals surface area contributed by atoms with E-state index in [2.05, 4.69) is 146 Å². The van der Waals surface area contributed by atoms with E-state index in [9.17, 15) is 0 Å². The largest absolute Gasteiger partial charge is 0.456 e. The van der Waals surface area contributed by atoms with Crippen LogP contribution in [0.5, 0.6) is 0 Å². The van der Waals surface area contributed by atoms with E-state index in [-0.39, 0.29) is 0 Å². The Bertz CT molecular complexity index is 2800. The van der Waals surface area contributed by atoms with Crippen LogP contribution in [0.1, 0.15) is 0 Å². The third kappa shape index (κ3) is 4.27. The van der Waals surface area contributed by atoms with Gasteiger partial charge in [0.15, 0.2) is 0 Å². The molecule has 0 spiro atoms. The Morgan fingerprint density at radius 2 is 1.10 bits per heavy atom. The Labute approximate surface area is 280 Å². The highest BCUT2D eigenvalue weighted by atomic mass is 32.1. The molecule has 0 atom stereocenters. The molecule has 3 nitrogen and oxygen atoms in total. The maximum absolute atomic E-state index is 6.55. The molecule has 0 amide bonds. The molecule has 0 aliphatic rings. The third-order valence-corrected chi connectivity index (χ3v) is 10.4. The van der Waals surface area contributed by atoms with Crippen LogP contribution >= 0.6 is 11.3 Å². The van der Waals surface area contributed by atoms with E-state index in [1.165, 1.54) is 15.6 Å². The quantitative estimate of drug-likeness (QED) is 0.182. The fourth-order valence-electron chi connectivity index (χ4n) is 7.08.